The van der Waals surface area contributed by atoms with Gasteiger partial charge in [-0.2, -0.15) is 0 Å². The Balaban J connectivity index is 2.37. The Hall–Kier alpha value is -1.16. The van der Waals surface area contributed by atoms with Gasteiger partial charge in [0.05, 0.1) is 32.6 Å². The van der Waals surface area contributed by atoms with Crippen LogP contribution in [0.4, 0.5) is 17.2 Å². The molecule has 0 aliphatic rings. The Bertz CT molecular complexity index is 599. The van der Waals surface area contributed by atoms with Gasteiger partial charge in [0, 0.05) is 0 Å². The number of halogens is 3. The molecule has 0 radical (unpaired) electrons. The maximum Gasteiger partial charge on any atom is 0.133 e. The number of nitrogens with two attached hydrogens (primary N) is 1. The zero-order valence-corrected chi connectivity index (χ0v) is 11.7. The van der Waals surface area contributed by atoms with E-state index in [1.807, 2.05) is 13.0 Å². The number of nitrogens with one attached hydrogen (secondary N) is 1. The molecule has 0 spiro atoms. The second kappa shape index (κ2) is 5.22. The van der Waals surface area contributed by atoms with Gasteiger partial charge in [-0.3, -0.25) is 0 Å². The largest absolute Gasteiger partial charge is 0.397 e. The van der Waals surface area contributed by atoms with E-state index in [-0.39, 0.29) is 0 Å². The molecule has 0 fully saturated rings. The minimum Gasteiger partial charge on any atom is -0.397 e. The van der Waals surface area contributed by atoms with Crippen molar-refractivity contribution in [3.8, 4) is 0 Å². The lowest BCUT2D eigenvalue weighted by molar-refractivity contribution is 1.26. The van der Waals surface area contributed by atoms with Crippen LogP contribution in [-0.4, -0.2) is 4.98 Å². The van der Waals surface area contributed by atoms with Gasteiger partial charge in [-0.15, -0.1) is 0 Å². The highest BCUT2D eigenvalue weighted by Crippen LogP contribution is 2.34. The first kappa shape index (κ1) is 13.3. The fourth-order valence-electron chi connectivity index (χ4n) is 1.47. The summed E-state index contributed by atoms with van der Waals surface area (Å²) in [5.41, 5.74) is 7.81. The second-order valence-corrected chi connectivity index (χ2v) is 5.03. The molecule has 94 valence electrons. The molecule has 6 heteroatoms. The van der Waals surface area contributed by atoms with Gasteiger partial charge in [-0.05, 0) is 30.7 Å². The molecule has 18 heavy (non-hydrogen) atoms. The number of aryl methyl sites for hydroxylation is 1. The Labute approximate surface area is 120 Å². The first-order valence-corrected chi connectivity index (χ1v) is 6.24. The van der Waals surface area contributed by atoms with Crippen molar-refractivity contribution in [3.05, 3.63) is 45.0 Å². The monoisotopic (exact) mass is 301 g/mol. The Morgan fingerprint density at radius 2 is 1.72 bits per heavy atom. The topological polar surface area (TPSA) is 50.9 Å². The lowest BCUT2D eigenvalue weighted by atomic mass is 10.2. The molecule has 0 aliphatic carbocycles. The van der Waals surface area contributed by atoms with Crippen LogP contribution < -0.4 is 11.1 Å². The lowest BCUT2D eigenvalue weighted by Crippen LogP contribution is -1.98. The molecule has 1 aromatic heterocycles. The number of nitrogens with zero attached hydrogens (tertiary/aromatic N) is 1. The average Bonchev–Trinajstić information content (AvgIpc) is 2.29. The molecule has 1 heterocycles. The van der Waals surface area contributed by atoms with Crippen LogP contribution in [0.5, 0.6) is 0 Å². The first-order valence-electron chi connectivity index (χ1n) is 5.11. The third kappa shape index (κ3) is 2.80. The Morgan fingerprint density at radius 3 is 2.39 bits per heavy atom. The highest BCUT2D eigenvalue weighted by atomic mass is 35.5. The quantitative estimate of drug-likeness (QED) is 0.792. The van der Waals surface area contributed by atoms with Crippen molar-refractivity contribution in [2.24, 2.45) is 0 Å². The van der Waals surface area contributed by atoms with Crippen LogP contribution >= 0.6 is 34.8 Å². The van der Waals surface area contributed by atoms with E-state index >= 15 is 0 Å². The molecule has 0 saturated carbocycles. The highest BCUT2D eigenvalue weighted by Gasteiger charge is 2.08. The summed E-state index contributed by atoms with van der Waals surface area (Å²) in [4.78, 5) is 4.20. The predicted octanol–water partition coefficient (Wildman–Crippen LogP) is 4.68. The van der Waals surface area contributed by atoms with Crippen molar-refractivity contribution in [2.45, 2.75) is 6.92 Å². The maximum absolute atomic E-state index is 6.08. The number of nitrogen functional groups attached to an aromatic ring is 1. The van der Waals surface area contributed by atoms with Crippen LogP contribution in [0.15, 0.2) is 24.4 Å². The van der Waals surface area contributed by atoms with Crippen LogP contribution in [0.3, 0.4) is 0 Å². The van der Waals surface area contributed by atoms with Crippen molar-refractivity contribution >= 4 is 52.0 Å². The molecule has 1 aromatic carbocycles. The molecule has 3 N–H and O–H groups in total. The van der Waals surface area contributed by atoms with Crippen molar-refractivity contribution in [3.63, 3.8) is 0 Å². The standard InChI is InChI=1S/C12H10Cl3N3/c1-6-2-7(16)5-17-12(6)18-11-4-9(14)8(13)3-10(11)15/h2-5H,16H2,1H3,(H,17,18). The summed E-state index contributed by atoms with van der Waals surface area (Å²) in [6.45, 7) is 1.90. The molecular weight excluding hydrogens is 293 g/mol. The van der Waals surface area contributed by atoms with E-state index in [1.54, 1.807) is 18.3 Å². The van der Waals surface area contributed by atoms with Crippen LogP contribution in [0.1, 0.15) is 5.56 Å². The number of hydrogen-bond donors (Lipinski definition) is 2. The third-order valence-corrected chi connectivity index (χ3v) is 3.40. The van der Waals surface area contributed by atoms with Crippen LogP contribution in [0.25, 0.3) is 0 Å². The van der Waals surface area contributed by atoms with Crippen molar-refractivity contribution < 1.29 is 0 Å². The summed E-state index contributed by atoms with van der Waals surface area (Å²) in [6.07, 6.45) is 1.57. The zero-order valence-electron chi connectivity index (χ0n) is 9.47. The molecule has 0 saturated heterocycles. The van der Waals surface area contributed by atoms with E-state index in [4.69, 9.17) is 40.5 Å². The normalized spacial score (nSPS) is 10.4. The summed E-state index contributed by atoms with van der Waals surface area (Å²) in [6, 6.07) is 5.06. The van der Waals surface area contributed by atoms with E-state index in [0.29, 0.717) is 32.3 Å². The summed E-state index contributed by atoms with van der Waals surface area (Å²) >= 11 is 17.9. The molecule has 0 amide bonds. The first-order chi connectivity index (χ1) is 8.47. The molecule has 2 aromatic rings. The van der Waals surface area contributed by atoms with Gasteiger partial charge < -0.3 is 11.1 Å². The van der Waals surface area contributed by atoms with Gasteiger partial charge in [-0.25, -0.2) is 4.98 Å². The number of rotatable bonds is 2. The van der Waals surface area contributed by atoms with Gasteiger partial charge in [-0.1, -0.05) is 34.8 Å². The third-order valence-electron chi connectivity index (χ3n) is 2.36. The van der Waals surface area contributed by atoms with Crippen LogP contribution in [0, 0.1) is 6.92 Å². The molecule has 0 atom stereocenters. The number of hydrogen-bond acceptors (Lipinski definition) is 3. The van der Waals surface area contributed by atoms with Crippen molar-refractivity contribution in [1.82, 2.24) is 4.98 Å². The summed E-state index contributed by atoms with van der Waals surface area (Å²) < 4.78 is 0. The second-order valence-electron chi connectivity index (χ2n) is 3.81. The lowest BCUT2D eigenvalue weighted by Gasteiger charge is -2.11. The zero-order chi connectivity index (χ0) is 13.3. The summed E-state index contributed by atoms with van der Waals surface area (Å²) in [5, 5.41) is 4.41. The van der Waals surface area contributed by atoms with Gasteiger partial charge in [0.15, 0.2) is 0 Å². The highest BCUT2D eigenvalue weighted by molar-refractivity contribution is 6.44. The van der Waals surface area contributed by atoms with Crippen molar-refractivity contribution in [1.29, 1.82) is 0 Å². The molecule has 3 nitrogen and oxygen atoms in total. The van der Waals surface area contributed by atoms with Crippen LogP contribution in [-0.2, 0) is 0 Å². The summed E-state index contributed by atoms with van der Waals surface area (Å²) in [5.74, 6) is 0.671. The predicted molar refractivity (Wildman–Crippen MR) is 78.1 cm³/mol. The SMILES string of the molecule is Cc1cc(N)cnc1Nc1cc(Cl)c(Cl)cc1Cl. The molecule has 0 aliphatic heterocycles. The number of aromatic nitrogens is 1. The van der Waals surface area contributed by atoms with Gasteiger partial charge >= 0.3 is 0 Å². The maximum atomic E-state index is 6.08. The number of anilines is 3. The van der Waals surface area contributed by atoms with E-state index in [0.717, 1.165) is 5.56 Å². The fourth-order valence-corrected chi connectivity index (χ4v) is 2.07. The molecule has 0 unspecified atom stereocenters. The minimum atomic E-state index is 0.411. The smallest absolute Gasteiger partial charge is 0.133 e. The molecule has 0 bridgehead atoms. The summed E-state index contributed by atoms with van der Waals surface area (Å²) in [7, 11) is 0. The van der Waals surface area contributed by atoms with E-state index in [2.05, 4.69) is 10.3 Å². The van der Waals surface area contributed by atoms with E-state index < -0.39 is 0 Å². The Morgan fingerprint density at radius 1 is 1.06 bits per heavy atom. The molecular formula is C12H10Cl3N3. The van der Waals surface area contributed by atoms with Crippen molar-refractivity contribution in [2.75, 3.05) is 11.1 Å². The number of benzene rings is 1. The minimum absolute atomic E-state index is 0.411. The van der Waals surface area contributed by atoms with Gasteiger partial charge in [0.1, 0.15) is 5.82 Å². The Kier molecular flexibility index (Phi) is 3.85. The average molecular weight is 303 g/mol. The van der Waals surface area contributed by atoms with Crippen LogP contribution in [0.2, 0.25) is 15.1 Å². The van der Waals surface area contributed by atoms with E-state index in [1.165, 1.54) is 0 Å². The number of pyridine rings is 1. The van der Waals surface area contributed by atoms with Gasteiger partial charge in [0.25, 0.3) is 0 Å². The fraction of sp³-hybridized carbons (Fsp3) is 0.0833. The van der Waals surface area contributed by atoms with E-state index in [9.17, 15) is 0 Å². The molecule has 2 rings (SSSR count). The van der Waals surface area contributed by atoms with Gasteiger partial charge in [0.2, 0.25) is 0 Å².